The van der Waals surface area contributed by atoms with E-state index in [4.69, 9.17) is 0 Å². The summed E-state index contributed by atoms with van der Waals surface area (Å²) in [6.45, 7) is 6.37. The van der Waals surface area contributed by atoms with Crippen molar-refractivity contribution in [2.45, 2.75) is 25.3 Å². The predicted molar refractivity (Wildman–Crippen MR) is 93.2 cm³/mol. The molecule has 23 heavy (non-hydrogen) atoms. The molecule has 0 saturated carbocycles. The van der Waals surface area contributed by atoms with Crippen LogP contribution in [0.3, 0.4) is 0 Å². The van der Waals surface area contributed by atoms with Gasteiger partial charge in [0, 0.05) is 43.6 Å². The van der Waals surface area contributed by atoms with Crippen LogP contribution in [0.2, 0.25) is 0 Å². The molecule has 124 valence electrons. The second-order valence-corrected chi connectivity index (χ2v) is 7.03. The largest absolute Gasteiger partial charge is 0.369 e. The summed E-state index contributed by atoms with van der Waals surface area (Å²) in [5.74, 6) is 0.280. The molecule has 1 N–H and O–H groups in total. The monoisotopic (exact) mass is 314 g/mol. The van der Waals surface area contributed by atoms with Gasteiger partial charge in [0.05, 0.1) is 6.42 Å². The molecular formula is C18H26N4O. The van der Waals surface area contributed by atoms with E-state index in [1.807, 2.05) is 0 Å². The van der Waals surface area contributed by atoms with E-state index in [0.717, 1.165) is 52.1 Å². The standard InChI is InChI=1S/C18H26N4O/c1-20-8-10-21(11-9-20)16-3-2-14-12-18(23)22(17(14)13-16)15-4-6-19-7-5-15/h2-3,13,15,19H,4-12H2,1H3. The zero-order valence-corrected chi connectivity index (χ0v) is 13.9. The number of piperazine rings is 1. The zero-order chi connectivity index (χ0) is 15.8. The number of carbonyl (C=O) groups is 1. The van der Waals surface area contributed by atoms with Gasteiger partial charge in [0.1, 0.15) is 0 Å². The maximum absolute atomic E-state index is 12.5. The second kappa shape index (κ2) is 6.13. The molecule has 3 heterocycles. The van der Waals surface area contributed by atoms with Crippen molar-refractivity contribution >= 4 is 17.3 Å². The number of hydrogen-bond acceptors (Lipinski definition) is 4. The van der Waals surface area contributed by atoms with Crippen LogP contribution in [0, 0.1) is 0 Å². The van der Waals surface area contributed by atoms with Crippen molar-refractivity contribution < 1.29 is 4.79 Å². The van der Waals surface area contributed by atoms with Crippen molar-refractivity contribution in [1.82, 2.24) is 10.2 Å². The van der Waals surface area contributed by atoms with Gasteiger partial charge in [0.25, 0.3) is 0 Å². The van der Waals surface area contributed by atoms with Crippen molar-refractivity contribution in [3.05, 3.63) is 23.8 Å². The molecule has 2 saturated heterocycles. The number of hydrogen-bond donors (Lipinski definition) is 1. The molecule has 0 aliphatic carbocycles. The number of benzene rings is 1. The highest BCUT2D eigenvalue weighted by Crippen LogP contribution is 2.36. The van der Waals surface area contributed by atoms with Crippen LogP contribution in [0.5, 0.6) is 0 Å². The van der Waals surface area contributed by atoms with E-state index in [9.17, 15) is 4.79 Å². The van der Waals surface area contributed by atoms with E-state index in [1.54, 1.807) is 0 Å². The van der Waals surface area contributed by atoms with Crippen molar-refractivity contribution in [2.75, 3.05) is 56.1 Å². The second-order valence-electron chi connectivity index (χ2n) is 7.03. The molecular weight excluding hydrogens is 288 g/mol. The Labute approximate surface area is 138 Å². The highest BCUT2D eigenvalue weighted by molar-refractivity contribution is 6.02. The lowest BCUT2D eigenvalue weighted by molar-refractivity contribution is -0.117. The summed E-state index contributed by atoms with van der Waals surface area (Å²) in [5, 5.41) is 3.39. The highest BCUT2D eigenvalue weighted by Gasteiger charge is 2.34. The number of anilines is 2. The number of fused-ring (bicyclic) bond motifs is 1. The number of piperidine rings is 1. The Morgan fingerprint density at radius 3 is 2.57 bits per heavy atom. The molecule has 1 aromatic rings. The van der Waals surface area contributed by atoms with Crippen LogP contribution in [-0.2, 0) is 11.2 Å². The Morgan fingerprint density at radius 1 is 1.09 bits per heavy atom. The van der Waals surface area contributed by atoms with Crippen molar-refractivity contribution in [1.29, 1.82) is 0 Å². The predicted octanol–water partition coefficient (Wildman–Crippen LogP) is 1.08. The first-order valence-corrected chi connectivity index (χ1v) is 8.81. The van der Waals surface area contributed by atoms with Crippen LogP contribution in [0.15, 0.2) is 18.2 Å². The van der Waals surface area contributed by atoms with Crippen LogP contribution < -0.4 is 15.1 Å². The average molecular weight is 314 g/mol. The van der Waals surface area contributed by atoms with E-state index >= 15 is 0 Å². The van der Waals surface area contributed by atoms with Gasteiger partial charge >= 0.3 is 0 Å². The normalized spacial score (nSPS) is 23.4. The molecule has 4 rings (SSSR count). The minimum absolute atomic E-state index is 0.280. The molecule has 3 aliphatic heterocycles. The van der Waals surface area contributed by atoms with E-state index in [1.165, 1.54) is 16.9 Å². The van der Waals surface area contributed by atoms with Crippen molar-refractivity contribution in [3.8, 4) is 0 Å². The van der Waals surface area contributed by atoms with Crippen LogP contribution in [0.4, 0.5) is 11.4 Å². The Morgan fingerprint density at radius 2 is 1.83 bits per heavy atom. The molecule has 1 aromatic carbocycles. The molecule has 0 radical (unpaired) electrons. The van der Waals surface area contributed by atoms with E-state index in [-0.39, 0.29) is 5.91 Å². The molecule has 2 fully saturated rings. The van der Waals surface area contributed by atoms with E-state index in [0.29, 0.717) is 12.5 Å². The molecule has 5 nitrogen and oxygen atoms in total. The lowest BCUT2D eigenvalue weighted by Gasteiger charge is -2.35. The minimum atomic E-state index is 0.280. The highest BCUT2D eigenvalue weighted by atomic mass is 16.2. The van der Waals surface area contributed by atoms with Gasteiger partial charge in [-0.2, -0.15) is 0 Å². The Kier molecular flexibility index (Phi) is 3.99. The molecule has 0 atom stereocenters. The molecule has 5 heteroatoms. The topological polar surface area (TPSA) is 38.8 Å². The Hall–Kier alpha value is -1.59. The summed E-state index contributed by atoms with van der Waals surface area (Å²) in [5.41, 5.74) is 3.63. The zero-order valence-electron chi connectivity index (χ0n) is 13.9. The molecule has 1 amide bonds. The Balaban J connectivity index is 1.59. The van der Waals surface area contributed by atoms with Gasteiger partial charge in [-0.3, -0.25) is 4.79 Å². The molecule has 0 unspecified atom stereocenters. The number of rotatable bonds is 2. The maximum atomic E-state index is 12.5. The number of nitrogens with zero attached hydrogens (tertiary/aromatic N) is 3. The van der Waals surface area contributed by atoms with Gasteiger partial charge in [0.2, 0.25) is 5.91 Å². The van der Waals surface area contributed by atoms with Gasteiger partial charge < -0.3 is 20.0 Å². The molecule has 0 aromatic heterocycles. The quantitative estimate of drug-likeness (QED) is 0.887. The minimum Gasteiger partial charge on any atom is -0.369 e. The molecule has 0 spiro atoms. The fourth-order valence-corrected chi connectivity index (χ4v) is 4.03. The van der Waals surface area contributed by atoms with Gasteiger partial charge in [-0.25, -0.2) is 0 Å². The van der Waals surface area contributed by atoms with Gasteiger partial charge in [-0.15, -0.1) is 0 Å². The summed E-state index contributed by atoms with van der Waals surface area (Å²) in [4.78, 5) is 19.5. The van der Waals surface area contributed by atoms with Crippen LogP contribution >= 0.6 is 0 Å². The summed E-state index contributed by atoms with van der Waals surface area (Å²) in [6.07, 6.45) is 2.69. The van der Waals surface area contributed by atoms with Gasteiger partial charge in [-0.1, -0.05) is 6.07 Å². The lowest BCUT2D eigenvalue weighted by atomic mass is 10.0. The first kappa shape index (κ1) is 15.0. The van der Waals surface area contributed by atoms with Gasteiger partial charge in [0.15, 0.2) is 0 Å². The first-order valence-electron chi connectivity index (χ1n) is 8.81. The van der Waals surface area contributed by atoms with Crippen LogP contribution in [-0.4, -0.2) is 63.2 Å². The first-order chi connectivity index (χ1) is 11.2. The average Bonchev–Trinajstić information content (AvgIpc) is 2.91. The summed E-state index contributed by atoms with van der Waals surface area (Å²) in [6, 6.07) is 6.99. The third-order valence-corrected chi connectivity index (χ3v) is 5.48. The summed E-state index contributed by atoms with van der Waals surface area (Å²) < 4.78 is 0. The fraction of sp³-hybridized carbons (Fsp3) is 0.611. The SMILES string of the molecule is CN1CCN(c2ccc3c(c2)N(C2CCNCC2)C(=O)C3)CC1. The number of carbonyl (C=O) groups excluding carboxylic acids is 1. The fourth-order valence-electron chi connectivity index (χ4n) is 4.03. The maximum Gasteiger partial charge on any atom is 0.231 e. The Bertz CT molecular complexity index is 589. The lowest BCUT2D eigenvalue weighted by Crippen LogP contribution is -2.45. The van der Waals surface area contributed by atoms with E-state index < -0.39 is 0 Å². The molecule has 3 aliphatic rings. The number of nitrogens with one attached hydrogen (secondary N) is 1. The van der Waals surface area contributed by atoms with Crippen molar-refractivity contribution in [2.24, 2.45) is 0 Å². The van der Waals surface area contributed by atoms with Crippen molar-refractivity contribution in [3.63, 3.8) is 0 Å². The third kappa shape index (κ3) is 2.83. The summed E-state index contributed by atoms with van der Waals surface area (Å²) in [7, 11) is 2.18. The smallest absolute Gasteiger partial charge is 0.231 e. The van der Waals surface area contributed by atoms with Crippen LogP contribution in [0.1, 0.15) is 18.4 Å². The third-order valence-electron chi connectivity index (χ3n) is 5.48. The number of likely N-dealkylation sites (N-methyl/N-ethyl adjacent to an activating group) is 1. The summed E-state index contributed by atoms with van der Waals surface area (Å²) >= 11 is 0. The molecule has 0 bridgehead atoms. The number of amides is 1. The van der Waals surface area contributed by atoms with E-state index in [2.05, 4.69) is 45.3 Å². The van der Waals surface area contributed by atoms with Gasteiger partial charge in [-0.05, 0) is 50.7 Å². The van der Waals surface area contributed by atoms with Crippen LogP contribution in [0.25, 0.3) is 0 Å².